The van der Waals surface area contributed by atoms with E-state index in [0.29, 0.717) is 42.3 Å². The summed E-state index contributed by atoms with van der Waals surface area (Å²) in [6, 6.07) is 11.9. The molecule has 3 rings (SSSR count). The van der Waals surface area contributed by atoms with Crippen LogP contribution in [-0.4, -0.2) is 42.9 Å². The fourth-order valence-corrected chi connectivity index (χ4v) is 3.03. The topological polar surface area (TPSA) is 121 Å². The van der Waals surface area contributed by atoms with Crippen LogP contribution in [0.5, 0.6) is 5.75 Å². The van der Waals surface area contributed by atoms with Gasteiger partial charge in [-0.25, -0.2) is 19.2 Å². The third-order valence-corrected chi connectivity index (χ3v) is 4.99. The Morgan fingerprint density at radius 1 is 1.12 bits per heavy atom. The summed E-state index contributed by atoms with van der Waals surface area (Å²) >= 11 is 0. The minimum Gasteiger partial charge on any atom is -0.488 e. The van der Waals surface area contributed by atoms with E-state index in [0.717, 1.165) is 0 Å². The summed E-state index contributed by atoms with van der Waals surface area (Å²) in [6.07, 6.45) is 1.89. The molecule has 178 valence electrons. The van der Waals surface area contributed by atoms with Crippen molar-refractivity contribution in [1.29, 1.82) is 5.26 Å². The molecule has 34 heavy (non-hydrogen) atoms. The Morgan fingerprint density at radius 3 is 2.56 bits per heavy atom. The summed E-state index contributed by atoms with van der Waals surface area (Å²) in [6.45, 7) is 4.58. The highest BCUT2D eigenvalue weighted by atomic mass is 19.1. The molecule has 3 aromatic rings. The molecular weight excluding hydrogens is 439 g/mol. The highest BCUT2D eigenvalue weighted by Gasteiger charge is 2.17. The number of nitrogens with one attached hydrogen (secondary N) is 3. The summed E-state index contributed by atoms with van der Waals surface area (Å²) in [4.78, 5) is 20.4. The normalized spacial score (nSPS) is 11.0. The van der Waals surface area contributed by atoms with Crippen molar-refractivity contribution in [2.24, 2.45) is 5.41 Å². The van der Waals surface area contributed by atoms with Crippen LogP contribution in [0.3, 0.4) is 0 Å². The molecule has 1 aromatic heterocycles. The van der Waals surface area contributed by atoms with E-state index < -0.39 is 11.2 Å². The molecule has 2 aromatic carbocycles. The van der Waals surface area contributed by atoms with Crippen LogP contribution in [0.15, 0.2) is 42.7 Å². The van der Waals surface area contributed by atoms with Crippen LogP contribution in [0.4, 0.5) is 26.4 Å². The molecule has 0 saturated heterocycles. The third-order valence-electron chi connectivity index (χ3n) is 4.99. The first-order valence-corrected chi connectivity index (χ1v) is 10.7. The van der Waals surface area contributed by atoms with Crippen molar-refractivity contribution >= 4 is 34.1 Å². The van der Waals surface area contributed by atoms with Crippen molar-refractivity contribution in [1.82, 2.24) is 15.3 Å². The molecule has 0 aliphatic heterocycles. The summed E-state index contributed by atoms with van der Waals surface area (Å²) in [7, 11) is 1.54. The maximum atomic E-state index is 15.1. The first kappa shape index (κ1) is 24.7. The molecule has 1 heterocycles. The van der Waals surface area contributed by atoms with E-state index in [1.165, 1.54) is 12.4 Å². The molecule has 3 N–H and O–H groups in total. The molecule has 0 fully saturated rings. The summed E-state index contributed by atoms with van der Waals surface area (Å²) in [5.74, 6) is -0.185. The Labute approximate surface area is 197 Å². The first-order valence-electron chi connectivity index (χ1n) is 10.7. The van der Waals surface area contributed by atoms with Crippen LogP contribution in [-0.2, 0) is 4.74 Å². The molecule has 0 aliphatic carbocycles. The largest absolute Gasteiger partial charge is 0.488 e. The molecule has 0 aliphatic rings. The maximum Gasteiger partial charge on any atom is 0.319 e. The second kappa shape index (κ2) is 11.2. The van der Waals surface area contributed by atoms with Gasteiger partial charge in [0.05, 0.1) is 29.0 Å². The Bertz CT molecular complexity index is 1180. The minimum absolute atomic E-state index is 0.0890. The van der Waals surface area contributed by atoms with E-state index in [1.54, 1.807) is 37.4 Å². The maximum absolute atomic E-state index is 15.1. The molecule has 0 saturated carbocycles. The number of aromatic nitrogens is 2. The van der Waals surface area contributed by atoms with Crippen molar-refractivity contribution in [3.63, 3.8) is 0 Å². The van der Waals surface area contributed by atoms with Crippen molar-refractivity contribution in [2.75, 3.05) is 37.5 Å². The van der Waals surface area contributed by atoms with Gasteiger partial charge in [-0.05, 0) is 56.7 Å². The van der Waals surface area contributed by atoms with Gasteiger partial charge in [0, 0.05) is 25.0 Å². The number of ether oxygens (including phenoxy) is 2. The summed E-state index contributed by atoms with van der Waals surface area (Å²) in [5.41, 5.74) is 1.16. The Morgan fingerprint density at radius 2 is 1.85 bits per heavy atom. The smallest absolute Gasteiger partial charge is 0.319 e. The lowest BCUT2D eigenvalue weighted by atomic mass is 9.92. The Hall–Kier alpha value is -3.97. The Balaban J connectivity index is 1.67. The molecule has 0 atom stereocenters. The predicted molar refractivity (Wildman–Crippen MR) is 128 cm³/mol. The van der Waals surface area contributed by atoms with E-state index in [9.17, 15) is 4.79 Å². The van der Waals surface area contributed by atoms with Gasteiger partial charge in [-0.3, -0.25) is 0 Å². The zero-order chi connectivity index (χ0) is 24.6. The van der Waals surface area contributed by atoms with E-state index in [4.69, 9.17) is 14.7 Å². The lowest BCUT2D eigenvalue weighted by molar-refractivity contribution is 0.144. The number of hydrogen-bond donors (Lipinski definition) is 3. The van der Waals surface area contributed by atoms with Gasteiger partial charge in [-0.2, -0.15) is 5.26 Å². The van der Waals surface area contributed by atoms with Gasteiger partial charge in [0.15, 0.2) is 11.6 Å². The van der Waals surface area contributed by atoms with Crippen LogP contribution in [0.1, 0.15) is 20.3 Å². The van der Waals surface area contributed by atoms with E-state index in [1.807, 2.05) is 13.8 Å². The van der Waals surface area contributed by atoms with Crippen molar-refractivity contribution in [3.05, 3.63) is 48.5 Å². The third kappa shape index (κ3) is 6.52. The number of carbonyl (C=O) groups excluding carboxylic acids is 1. The number of anilines is 3. The van der Waals surface area contributed by atoms with E-state index in [2.05, 4.69) is 32.0 Å². The number of benzene rings is 2. The highest BCUT2D eigenvalue weighted by molar-refractivity contribution is 5.93. The number of halogens is 1. The monoisotopic (exact) mass is 466 g/mol. The van der Waals surface area contributed by atoms with Gasteiger partial charge in [-0.1, -0.05) is 0 Å². The number of urea groups is 1. The number of methoxy groups -OCH3 is 1. The SMILES string of the molecule is COCCOc1ccc2ncnc(Nc3ccc(NC(=O)NCCC(C)(C)C#N)cc3)c2c1F. The van der Waals surface area contributed by atoms with E-state index in [-0.39, 0.29) is 23.8 Å². The molecule has 9 nitrogen and oxygen atoms in total. The standard InChI is InChI=1S/C24H27FN6O3/c1-24(2,14-26)10-11-27-23(32)31-17-6-4-16(5-7-17)30-22-20-18(28-15-29-22)8-9-19(21(20)25)34-13-12-33-3/h4-9,15H,10-13H2,1-3H3,(H2,27,31,32)(H,28,29,30). The second-order valence-corrected chi connectivity index (χ2v) is 8.16. The molecule has 2 amide bonds. The van der Waals surface area contributed by atoms with Crippen LogP contribution >= 0.6 is 0 Å². The number of rotatable bonds is 10. The quantitative estimate of drug-likeness (QED) is 0.373. The molecule has 0 radical (unpaired) electrons. The average molecular weight is 467 g/mol. The first-order chi connectivity index (χ1) is 16.3. The van der Waals surface area contributed by atoms with Crippen molar-refractivity contribution in [3.8, 4) is 11.8 Å². The second-order valence-electron chi connectivity index (χ2n) is 8.16. The average Bonchev–Trinajstić information content (AvgIpc) is 2.82. The molecule has 0 spiro atoms. The number of hydrogen-bond acceptors (Lipinski definition) is 7. The molecule has 0 bridgehead atoms. The number of amides is 2. The lowest BCUT2D eigenvalue weighted by Gasteiger charge is -2.15. The van der Waals surface area contributed by atoms with Crippen LogP contribution in [0.2, 0.25) is 0 Å². The summed E-state index contributed by atoms with van der Waals surface area (Å²) in [5, 5.41) is 17.8. The van der Waals surface area contributed by atoms with Crippen LogP contribution in [0, 0.1) is 22.6 Å². The number of carbonyl (C=O) groups is 1. The van der Waals surface area contributed by atoms with Crippen LogP contribution in [0.25, 0.3) is 10.9 Å². The lowest BCUT2D eigenvalue weighted by Crippen LogP contribution is -2.31. The van der Waals surface area contributed by atoms with Gasteiger partial charge in [-0.15, -0.1) is 0 Å². The number of nitrogens with zero attached hydrogens (tertiary/aromatic N) is 3. The van der Waals surface area contributed by atoms with Gasteiger partial charge >= 0.3 is 6.03 Å². The zero-order valence-electron chi connectivity index (χ0n) is 19.3. The minimum atomic E-state index is -0.564. The molecule has 10 heteroatoms. The van der Waals surface area contributed by atoms with Crippen LogP contribution < -0.4 is 20.7 Å². The summed E-state index contributed by atoms with van der Waals surface area (Å²) < 4.78 is 25.5. The van der Waals surface area contributed by atoms with Gasteiger partial charge in [0.1, 0.15) is 18.8 Å². The highest BCUT2D eigenvalue weighted by Crippen LogP contribution is 2.31. The fourth-order valence-electron chi connectivity index (χ4n) is 3.03. The number of fused-ring (bicyclic) bond motifs is 1. The fraction of sp³-hybridized carbons (Fsp3) is 0.333. The van der Waals surface area contributed by atoms with E-state index >= 15 is 4.39 Å². The predicted octanol–water partition coefficient (Wildman–Crippen LogP) is 4.60. The van der Waals surface area contributed by atoms with Crippen molar-refractivity contribution in [2.45, 2.75) is 20.3 Å². The van der Waals surface area contributed by atoms with Gasteiger partial charge in [0.2, 0.25) is 0 Å². The van der Waals surface area contributed by atoms with Crippen molar-refractivity contribution < 1.29 is 18.7 Å². The Kier molecular flexibility index (Phi) is 8.16. The van der Waals surface area contributed by atoms with Gasteiger partial charge in [0.25, 0.3) is 0 Å². The van der Waals surface area contributed by atoms with Gasteiger partial charge < -0.3 is 25.4 Å². The molecule has 0 unspecified atom stereocenters. The number of nitriles is 1. The zero-order valence-corrected chi connectivity index (χ0v) is 19.3. The molecular formula is C24H27FN6O3.